The van der Waals surface area contributed by atoms with Crippen LogP contribution in [0.5, 0.6) is 0 Å². The van der Waals surface area contributed by atoms with E-state index in [1.54, 1.807) is 42.5 Å². The molecule has 3 rings (SSSR count). The summed E-state index contributed by atoms with van der Waals surface area (Å²) in [6.45, 7) is 2.07. The van der Waals surface area contributed by atoms with Gasteiger partial charge in [-0.1, -0.05) is 35.9 Å². The molecule has 0 aliphatic carbocycles. The molecule has 2 aromatic rings. The lowest BCUT2D eigenvalue weighted by atomic mass is 9.98. The molecule has 7 nitrogen and oxygen atoms in total. The van der Waals surface area contributed by atoms with Crippen molar-refractivity contribution >= 4 is 27.6 Å². The number of benzene rings is 2. The van der Waals surface area contributed by atoms with Crippen molar-refractivity contribution in [2.75, 3.05) is 25.0 Å². The van der Waals surface area contributed by atoms with Crippen LogP contribution in [-0.4, -0.2) is 44.3 Å². The molecule has 1 heterocycles. The Kier molecular flexibility index (Phi) is 6.66. The van der Waals surface area contributed by atoms with E-state index < -0.39 is 27.8 Å². The Morgan fingerprint density at radius 1 is 1.03 bits per heavy atom. The second-order valence-corrected chi connectivity index (χ2v) is 8.95. The molecular weight excluding hydrogens is 392 g/mol. The van der Waals surface area contributed by atoms with Gasteiger partial charge in [-0.2, -0.15) is 4.31 Å². The quantitative estimate of drug-likeness (QED) is 0.731. The minimum absolute atomic E-state index is 0.243. The van der Waals surface area contributed by atoms with Crippen molar-refractivity contribution in [2.45, 2.75) is 24.7 Å². The fourth-order valence-electron chi connectivity index (χ4n) is 3.16. The highest BCUT2D eigenvalue weighted by Gasteiger charge is 2.32. The van der Waals surface area contributed by atoms with Gasteiger partial charge in [0.05, 0.1) is 10.8 Å². The Morgan fingerprint density at radius 3 is 2.28 bits per heavy atom. The molecule has 1 saturated heterocycles. The molecule has 0 unspecified atom stereocenters. The van der Waals surface area contributed by atoms with Gasteiger partial charge in [-0.3, -0.25) is 9.59 Å². The van der Waals surface area contributed by atoms with Gasteiger partial charge >= 0.3 is 5.97 Å². The number of esters is 1. The number of anilines is 1. The van der Waals surface area contributed by atoms with Gasteiger partial charge in [-0.15, -0.1) is 0 Å². The highest BCUT2D eigenvalue weighted by Crippen LogP contribution is 2.24. The maximum atomic E-state index is 12.6. The largest absolute Gasteiger partial charge is 0.455 e. The molecular formula is C21H24N2O5S. The molecule has 0 spiro atoms. The normalized spacial score (nSPS) is 15.6. The molecule has 0 atom stereocenters. The molecule has 1 aliphatic rings. The van der Waals surface area contributed by atoms with E-state index in [1.165, 1.54) is 4.31 Å². The van der Waals surface area contributed by atoms with E-state index in [-0.39, 0.29) is 24.6 Å². The number of rotatable bonds is 6. The Hall–Kier alpha value is -2.71. The van der Waals surface area contributed by atoms with E-state index >= 15 is 0 Å². The van der Waals surface area contributed by atoms with Crippen LogP contribution in [0.25, 0.3) is 0 Å². The number of amides is 1. The monoisotopic (exact) mass is 416 g/mol. The van der Waals surface area contributed by atoms with Crippen molar-refractivity contribution in [2.24, 2.45) is 5.92 Å². The first-order valence-electron chi connectivity index (χ1n) is 9.44. The lowest BCUT2D eigenvalue weighted by Crippen LogP contribution is -2.40. The summed E-state index contributed by atoms with van der Waals surface area (Å²) >= 11 is 0. The molecule has 1 fully saturated rings. The first-order valence-corrected chi connectivity index (χ1v) is 10.9. The van der Waals surface area contributed by atoms with Crippen LogP contribution in [0, 0.1) is 12.8 Å². The number of hydrogen-bond acceptors (Lipinski definition) is 5. The van der Waals surface area contributed by atoms with Gasteiger partial charge in [0.2, 0.25) is 10.0 Å². The lowest BCUT2D eigenvalue weighted by molar-refractivity contribution is -0.152. The van der Waals surface area contributed by atoms with Crippen molar-refractivity contribution in [3.05, 3.63) is 60.2 Å². The maximum Gasteiger partial charge on any atom is 0.309 e. The fraction of sp³-hybridized carbons (Fsp3) is 0.333. The topological polar surface area (TPSA) is 92.8 Å². The second kappa shape index (κ2) is 9.19. The number of piperidine rings is 1. The third kappa shape index (κ3) is 5.42. The Morgan fingerprint density at radius 2 is 1.66 bits per heavy atom. The van der Waals surface area contributed by atoms with E-state index in [0.29, 0.717) is 18.5 Å². The Balaban J connectivity index is 1.46. The molecule has 154 valence electrons. The zero-order chi connectivity index (χ0) is 20.9. The van der Waals surface area contributed by atoms with Gasteiger partial charge in [-0.05, 0) is 44.0 Å². The zero-order valence-electron chi connectivity index (χ0n) is 16.2. The number of hydrogen-bond donors (Lipinski definition) is 1. The van der Waals surface area contributed by atoms with Gasteiger partial charge in [0.25, 0.3) is 5.91 Å². The van der Waals surface area contributed by atoms with E-state index in [1.807, 2.05) is 19.1 Å². The van der Waals surface area contributed by atoms with Crippen molar-refractivity contribution in [3.63, 3.8) is 0 Å². The molecule has 1 aliphatic heterocycles. The third-order valence-corrected chi connectivity index (χ3v) is 6.76. The fourth-order valence-corrected chi connectivity index (χ4v) is 4.65. The summed E-state index contributed by atoms with van der Waals surface area (Å²) in [5.41, 5.74) is 1.71. The first-order chi connectivity index (χ1) is 13.9. The standard InChI is InChI=1S/C21H24N2O5S/c1-16-7-9-18(10-8-16)22-20(24)15-28-21(25)17-11-13-23(14-12-17)29(26,27)19-5-3-2-4-6-19/h2-10,17H,11-15H2,1H3,(H,22,24). The number of ether oxygens (including phenoxy) is 1. The smallest absolute Gasteiger partial charge is 0.309 e. The maximum absolute atomic E-state index is 12.6. The van der Waals surface area contributed by atoms with Crippen LogP contribution in [0.15, 0.2) is 59.5 Å². The molecule has 1 amide bonds. The predicted molar refractivity (Wildman–Crippen MR) is 109 cm³/mol. The van der Waals surface area contributed by atoms with Gasteiger partial charge in [0, 0.05) is 18.8 Å². The number of nitrogens with zero attached hydrogens (tertiary/aromatic N) is 1. The second-order valence-electron chi connectivity index (χ2n) is 7.01. The zero-order valence-corrected chi connectivity index (χ0v) is 17.0. The average Bonchev–Trinajstić information content (AvgIpc) is 2.74. The number of nitrogens with one attached hydrogen (secondary N) is 1. The third-order valence-electron chi connectivity index (χ3n) is 4.85. The predicted octanol–water partition coefficient (Wildman–Crippen LogP) is 2.58. The van der Waals surface area contributed by atoms with Crippen LogP contribution in [-0.2, 0) is 24.3 Å². The van der Waals surface area contributed by atoms with Crippen LogP contribution in [0.2, 0.25) is 0 Å². The molecule has 0 aromatic heterocycles. The van der Waals surface area contributed by atoms with Crippen LogP contribution in [0.4, 0.5) is 5.69 Å². The SMILES string of the molecule is Cc1ccc(NC(=O)COC(=O)C2CCN(S(=O)(=O)c3ccccc3)CC2)cc1. The van der Waals surface area contributed by atoms with Crippen LogP contribution in [0.1, 0.15) is 18.4 Å². The number of carbonyl (C=O) groups excluding carboxylic acids is 2. The molecule has 0 radical (unpaired) electrons. The van der Waals surface area contributed by atoms with Gasteiger partial charge < -0.3 is 10.1 Å². The number of carbonyl (C=O) groups is 2. The highest BCUT2D eigenvalue weighted by molar-refractivity contribution is 7.89. The minimum atomic E-state index is -3.56. The van der Waals surface area contributed by atoms with E-state index in [4.69, 9.17) is 4.74 Å². The van der Waals surface area contributed by atoms with Crippen LogP contribution in [0.3, 0.4) is 0 Å². The van der Waals surface area contributed by atoms with Crippen LogP contribution >= 0.6 is 0 Å². The summed E-state index contributed by atoms with van der Waals surface area (Å²) < 4.78 is 31.8. The molecule has 2 aromatic carbocycles. The molecule has 0 bridgehead atoms. The van der Waals surface area contributed by atoms with Gasteiger partial charge in [-0.25, -0.2) is 8.42 Å². The molecule has 8 heteroatoms. The Labute approximate surface area is 170 Å². The molecule has 1 N–H and O–H groups in total. The van der Waals surface area contributed by atoms with Gasteiger partial charge in [0.1, 0.15) is 0 Å². The van der Waals surface area contributed by atoms with Gasteiger partial charge in [0.15, 0.2) is 6.61 Å². The van der Waals surface area contributed by atoms with Crippen molar-refractivity contribution in [1.29, 1.82) is 0 Å². The van der Waals surface area contributed by atoms with Crippen LogP contribution < -0.4 is 5.32 Å². The summed E-state index contributed by atoms with van der Waals surface area (Å²) in [5.74, 6) is -1.29. The Bertz CT molecular complexity index is 950. The lowest BCUT2D eigenvalue weighted by Gasteiger charge is -2.30. The van der Waals surface area contributed by atoms with E-state index in [2.05, 4.69) is 5.32 Å². The summed E-state index contributed by atoms with van der Waals surface area (Å²) in [4.78, 5) is 24.4. The summed E-state index contributed by atoms with van der Waals surface area (Å²) in [6.07, 6.45) is 0.731. The van der Waals surface area contributed by atoms with E-state index in [0.717, 1.165) is 5.56 Å². The average molecular weight is 416 g/mol. The summed E-state index contributed by atoms with van der Waals surface area (Å²) in [7, 11) is -3.56. The number of sulfonamides is 1. The minimum Gasteiger partial charge on any atom is -0.455 e. The van der Waals surface area contributed by atoms with Crippen molar-refractivity contribution < 1.29 is 22.7 Å². The van der Waals surface area contributed by atoms with E-state index in [9.17, 15) is 18.0 Å². The summed E-state index contributed by atoms with van der Waals surface area (Å²) in [5, 5.41) is 2.67. The molecule has 29 heavy (non-hydrogen) atoms. The number of aryl methyl sites for hydroxylation is 1. The first kappa shape index (κ1) is 21.0. The van der Waals surface area contributed by atoms with Crippen molar-refractivity contribution in [3.8, 4) is 0 Å². The summed E-state index contributed by atoms with van der Waals surface area (Å²) in [6, 6.07) is 15.5. The highest BCUT2D eigenvalue weighted by atomic mass is 32.2. The molecule has 0 saturated carbocycles. The van der Waals surface area contributed by atoms with Crippen molar-refractivity contribution in [1.82, 2.24) is 4.31 Å².